The molecule has 19 heavy (non-hydrogen) atoms. The summed E-state index contributed by atoms with van der Waals surface area (Å²) < 4.78 is 0. The molecule has 0 spiro atoms. The van der Waals surface area contributed by atoms with Crippen molar-refractivity contribution in [3.05, 3.63) is 42.0 Å². The molecule has 104 valence electrons. The lowest BCUT2D eigenvalue weighted by Crippen LogP contribution is -2.13. The van der Waals surface area contributed by atoms with Crippen LogP contribution in [0.3, 0.4) is 0 Å². The Hall–Kier alpha value is -1.02. The van der Waals surface area contributed by atoms with Crippen molar-refractivity contribution >= 4 is 23.6 Å². The number of thioether (sulfide) groups is 1. The zero-order valence-electron chi connectivity index (χ0n) is 12.0. The van der Waals surface area contributed by atoms with Gasteiger partial charge in [-0.2, -0.15) is 11.8 Å². The molecule has 1 unspecified atom stereocenters. The SMILES string of the molecule is CCCCC(/C=C/c1ccccc1)C(=O)CCSC. The Labute approximate surface area is 121 Å². The van der Waals surface area contributed by atoms with Crippen molar-refractivity contribution in [3.63, 3.8) is 0 Å². The first-order valence-electron chi connectivity index (χ1n) is 7.02. The van der Waals surface area contributed by atoms with E-state index in [1.54, 1.807) is 11.8 Å². The van der Waals surface area contributed by atoms with E-state index in [4.69, 9.17) is 0 Å². The second-order valence-electron chi connectivity index (χ2n) is 4.73. The first-order chi connectivity index (χ1) is 9.27. The zero-order chi connectivity index (χ0) is 13.9. The molecule has 0 aliphatic rings. The van der Waals surface area contributed by atoms with E-state index in [1.807, 2.05) is 24.5 Å². The Balaban J connectivity index is 2.63. The van der Waals surface area contributed by atoms with Crippen LogP contribution in [-0.4, -0.2) is 17.8 Å². The van der Waals surface area contributed by atoms with Crippen molar-refractivity contribution in [3.8, 4) is 0 Å². The van der Waals surface area contributed by atoms with E-state index in [2.05, 4.69) is 31.2 Å². The molecule has 1 aromatic rings. The van der Waals surface area contributed by atoms with Crippen molar-refractivity contribution in [2.24, 2.45) is 5.92 Å². The summed E-state index contributed by atoms with van der Waals surface area (Å²) in [5.74, 6) is 1.41. The number of hydrogen-bond acceptors (Lipinski definition) is 2. The highest BCUT2D eigenvalue weighted by atomic mass is 32.2. The molecule has 0 aliphatic heterocycles. The largest absolute Gasteiger partial charge is 0.299 e. The number of carbonyl (C=O) groups is 1. The van der Waals surface area contributed by atoms with Crippen molar-refractivity contribution in [1.29, 1.82) is 0 Å². The van der Waals surface area contributed by atoms with Gasteiger partial charge in [0.15, 0.2) is 0 Å². The van der Waals surface area contributed by atoms with Gasteiger partial charge in [-0.15, -0.1) is 0 Å². The second-order valence-corrected chi connectivity index (χ2v) is 5.71. The second kappa shape index (κ2) is 9.85. The standard InChI is InChI=1S/C17H24OS/c1-3-4-10-16(17(18)13-14-19-2)12-11-15-8-6-5-7-9-15/h5-9,11-12,16H,3-4,10,13-14H2,1-2H3/b12-11+. The molecular weight excluding hydrogens is 252 g/mol. The monoisotopic (exact) mass is 276 g/mol. The average Bonchev–Trinajstić information content (AvgIpc) is 2.46. The molecule has 0 heterocycles. The highest BCUT2D eigenvalue weighted by Crippen LogP contribution is 2.16. The van der Waals surface area contributed by atoms with Crippen LogP contribution in [0.2, 0.25) is 0 Å². The molecule has 0 saturated carbocycles. The van der Waals surface area contributed by atoms with E-state index in [0.717, 1.165) is 25.0 Å². The molecule has 1 atom stereocenters. The predicted molar refractivity (Wildman–Crippen MR) is 86.5 cm³/mol. The van der Waals surface area contributed by atoms with Gasteiger partial charge in [0.05, 0.1) is 0 Å². The number of ketones is 1. The summed E-state index contributed by atoms with van der Waals surface area (Å²) in [6.07, 6.45) is 10.2. The summed E-state index contributed by atoms with van der Waals surface area (Å²) in [7, 11) is 0. The van der Waals surface area contributed by atoms with Gasteiger partial charge < -0.3 is 0 Å². The van der Waals surface area contributed by atoms with E-state index in [0.29, 0.717) is 12.2 Å². The molecule has 0 saturated heterocycles. The van der Waals surface area contributed by atoms with Crippen LogP contribution in [-0.2, 0) is 4.79 Å². The van der Waals surface area contributed by atoms with Crippen LogP contribution in [0.4, 0.5) is 0 Å². The number of hydrogen-bond donors (Lipinski definition) is 0. The van der Waals surface area contributed by atoms with Gasteiger partial charge in [0, 0.05) is 12.3 Å². The van der Waals surface area contributed by atoms with Crippen LogP contribution < -0.4 is 0 Å². The van der Waals surface area contributed by atoms with E-state index < -0.39 is 0 Å². The number of Topliss-reactive ketones (excluding diaryl/α,β-unsaturated/α-hetero) is 1. The van der Waals surface area contributed by atoms with Gasteiger partial charge in [0.25, 0.3) is 0 Å². The van der Waals surface area contributed by atoms with Crippen LogP contribution in [0.1, 0.15) is 38.2 Å². The molecule has 0 aromatic heterocycles. The van der Waals surface area contributed by atoms with Crippen LogP contribution in [0, 0.1) is 5.92 Å². The Bertz CT molecular complexity index is 384. The van der Waals surface area contributed by atoms with Crippen molar-refractivity contribution in [1.82, 2.24) is 0 Å². The van der Waals surface area contributed by atoms with Crippen molar-refractivity contribution in [2.45, 2.75) is 32.6 Å². The van der Waals surface area contributed by atoms with Gasteiger partial charge in [0.1, 0.15) is 5.78 Å². The van der Waals surface area contributed by atoms with E-state index >= 15 is 0 Å². The van der Waals surface area contributed by atoms with E-state index in [9.17, 15) is 4.79 Å². The summed E-state index contributed by atoms with van der Waals surface area (Å²) >= 11 is 1.74. The zero-order valence-corrected chi connectivity index (χ0v) is 12.8. The first kappa shape index (κ1) is 16.0. The fourth-order valence-electron chi connectivity index (χ4n) is 1.97. The first-order valence-corrected chi connectivity index (χ1v) is 8.42. The number of unbranched alkanes of at least 4 members (excludes halogenated alkanes) is 1. The van der Waals surface area contributed by atoms with Crippen LogP contribution in [0.5, 0.6) is 0 Å². The number of allylic oxidation sites excluding steroid dienone is 1. The van der Waals surface area contributed by atoms with Crippen LogP contribution in [0.15, 0.2) is 36.4 Å². The Morgan fingerprint density at radius 2 is 2.05 bits per heavy atom. The third-order valence-electron chi connectivity index (χ3n) is 3.16. The van der Waals surface area contributed by atoms with Gasteiger partial charge >= 0.3 is 0 Å². The normalized spacial score (nSPS) is 12.7. The van der Waals surface area contributed by atoms with Gasteiger partial charge in [-0.05, 0) is 24.0 Å². The summed E-state index contributed by atoms with van der Waals surface area (Å²) in [5.41, 5.74) is 1.17. The fourth-order valence-corrected chi connectivity index (χ4v) is 2.37. The smallest absolute Gasteiger partial charge is 0.140 e. The molecule has 0 radical (unpaired) electrons. The maximum atomic E-state index is 12.2. The third kappa shape index (κ3) is 6.63. The topological polar surface area (TPSA) is 17.1 Å². The molecule has 0 N–H and O–H groups in total. The molecule has 1 aromatic carbocycles. The molecular formula is C17H24OS. The summed E-state index contributed by atoms with van der Waals surface area (Å²) in [6.45, 7) is 2.17. The third-order valence-corrected chi connectivity index (χ3v) is 3.77. The maximum Gasteiger partial charge on any atom is 0.140 e. The molecule has 0 aliphatic carbocycles. The van der Waals surface area contributed by atoms with Gasteiger partial charge in [-0.3, -0.25) is 4.79 Å². The van der Waals surface area contributed by atoms with Crippen LogP contribution in [0.25, 0.3) is 6.08 Å². The van der Waals surface area contributed by atoms with Crippen molar-refractivity contribution in [2.75, 3.05) is 12.0 Å². The fraction of sp³-hybridized carbons (Fsp3) is 0.471. The summed E-state index contributed by atoms with van der Waals surface area (Å²) in [6, 6.07) is 10.2. The molecule has 1 rings (SSSR count). The van der Waals surface area contributed by atoms with Crippen LogP contribution >= 0.6 is 11.8 Å². The summed E-state index contributed by atoms with van der Waals surface area (Å²) in [5, 5.41) is 0. The van der Waals surface area contributed by atoms with Gasteiger partial charge in [-0.25, -0.2) is 0 Å². The average molecular weight is 276 g/mol. The minimum atomic E-state index is 0.0901. The highest BCUT2D eigenvalue weighted by Gasteiger charge is 2.13. The Morgan fingerprint density at radius 3 is 2.68 bits per heavy atom. The highest BCUT2D eigenvalue weighted by molar-refractivity contribution is 7.98. The lowest BCUT2D eigenvalue weighted by atomic mass is 9.94. The molecule has 0 amide bonds. The van der Waals surface area contributed by atoms with Gasteiger partial charge in [0.2, 0.25) is 0 Å². The van der Waals surface area contributed by atoms with E-state index in [-0.39, 0.29) is 5.92 Å². The Kier molecular flexibility index (Phi) is 8.31. The molecule has 0 fully saturated rings. The lowest BCUT2D eigenvalue weighted by molar-refractivity contribution is -0.121. The Morgan fingerprint density at radius 1 is 1.32 bits per heavy atom. The molecule has 0 bridgehead atoms. The predicted octanol–water partition coefficient (Wildman–Crippen LogP) is 4.83. The quantitative estimate of drug-likeness (QED) is 0.642. The summed E-state index contributed by atoms with van der Waals surface area (Å²) in [4.78, 5) is 12.2. The minimum absolute atomic E-state index is 0.0901. The lowest BCUT2D eigenvalue weighted by Gasteiger charge is -2.10. The van der Waals surface area contributed by atoms with Gasteiger partial charge in [-0.1, -0.05) is 62.2 Å². The maximum absolute atomic E-state index is 12.2. The van der Waals surface area contributed by atoms with Crippen molar-refractivity contribution < 1.29 is 4.79 Å². The molecule has 1 nitrogen and oxygen atoms in total. The number of rotatable bonds is 9. The number of benzene rings is 1. The van der Waals surface area contributed by atoms with E-state index in [1.165, 1.54) is 5.56 Å². The minimum Gasteiger partial charge on any atom is -0.299 e. The molecule has 2 heteroatoms. The number of carbonyl (C=O) groups excluding carboxylic acids is 1.